The van der Waals surface area contributed by atoms with Gasteiger partial charge in [0, 0.05) is 13.2 Å². The minimum Gasteiger partial charge on any atom is -0.396 e. The van der Waals surface area contributed by atoms with Gasteiger partial charge >= 0.3 is 21.7 Å². The third kappa shape index (κ3) is 33.9. The summed E-state index contributed by atoms with van der Waals surface area (Å²) in [6, 6.07) is 20.0. The van der Waals surface area contributed by atoms with Crippen LogP contribution in [-0.2, 0) is 21.7 Å². The number of aliphatic hydroxyl groups is 2. The first kappa shape index (κ1) is 27.2. The zero-order valence-electron chi connectivity index (χ0n) is 14.8. The molecule has 2 aromatic rings. The number of hydrogen-bond acceptors (Lipinski definition) is 2. The van der Waals surface area contributed by atoms with E-state index in [1.807, 2.05) is 60.7 Å². The van der Waals surface area contributed by atoms with E-state index in [0.717, 1.165) is 25.7 Å². The van der Waals surface area contributed by atoms with Crippen molar-refractivity contribution in [2.24, 2.45) is 0 Å². The summed E-state index contributed by atoms with van der Waals surface area (Å²) in [5.74, 6) is 0. The Morgan fingerprint density at radius 2 is 0.913 bits per heavy atom. The Morgan fingerprint density at radius 1 is 0.609 bits per heavy atom. The molecule has 2 aromatic carbocycles. The normalized spacial score (nSPS) is 8.17. The molecule has 0 aliphatic carbocycles. The molecule has 0 unspecified atom stereocenters. The first-order valence-electron chi connectivity index (χ1n) is 8.38. The van der Waals surface area contributed by atoms with Crippen molar-refractivity contribution in [3.05, 3.63) is 60.7 Å². The fourth-order valence-corrected chi connectivity index (χ4v) is 1.37. The van der Waals surface area contributed by atoms with E-state index < -0.39 is 0 Å². The van der Waals surface area contributed by atoms with Crippen LogP contribution >= 0.6 is 0 Å². The summed E-state index contributed by atoms with van der Waals surface area (Å²) in [6.07, 6.45) is 6.65. The Morgan fingerprint density at radius 3 is 1.00 bits per heavy atom. The molecule has 2 nitrogen and oxygen atoms in total. The van der Waals surface area contributed by atoms with Crippen LogP contribution in [0.4, 0.5) is 0 Å². The van der Waals surface area contributed by atoms with E-state index >= 15 is 0 Å². The Bertz CT molecular complexity index is 241. The maximum atomic E-state index is 8.20. The second-order valence-electron chi connectivity index (χ2n) is 4.79. The maximum absolute atomic E-state index is 8.20. The molecule has 0 bridgehead atoms. The van der Waals surface area contributed by atoms with Gasteiger partial charge in [0.15, 0.2) is 0 Å². The molecule has 2 rings (SSSR count). The maximum Gasteiger partial charge on any atom is 2.00 e. The largest absolute Gasteiger partial charge is 2.00 e. The Labute approximate surface area is 158 Å². The average Bonchev–Trinajstić information content (AvgIpc) is 3.29. The summed E-state index contributed by atoms with van der Waals surface area (Å²) in [7, 11) is 0. The van der Waals surface area contributed by atoms with E-state index in [-0.39, 0.29) is 21.7 Å². The minimum atomic E-state index is 0. The van der Waals surface area contributed by atoms with E-state index in [9.17, 15) is 0 Å². The summed E-state index contributed by atoms with van der Waals surface area (Å²) in [4.78, 5) is 0. The molecule has 0 amide bonds. The van der Waals surface area contributed by atoms with Gasteiger partial charge in [0.05, 0.1) is 0 Å². The van der Waals surface area contributed by atoms with Crippen molar-refractivity contribution >= 4 is 0 Å². The van der Waals surface area contributed by atoms with Gasteiger partial charge < -0.3 is 10.2 Å². The van der Waals surface area contributed by atoms with Crippen molar-refractivity contribution in [2.45, 2.75) is 52.4 Å². The smallest absolute Gasteiger partial charge is 0.396 e. The standard InChI is InChI=1S/2C5H12O.2C5H5.Ti/c2*1-2-3-4-5-6;2*1-2-4-5-3-1;/h2*6H,2-5H2,1H3;2*1-5H;/q;;2*-1;+2. The van der Waals surface area contributed by atoms with Crippen LogP contribution in [0.3, 0.4) is 0 Å². The molecule has 130 valence electrons. The molecule has 0 aliphatic heterocycles. The summed E-state index contributed by atoms with van der Waals surface area (Å²) in [5, 5.41) is 16.4. The van der Waals surface area contributed by atoms with Crippen molar-refractivity contribution in [3.8, 4) is 0 Å². The van der Waals surface area contributed by atoms with E-state index in [4.69, 9.17) is 10.2 Å². The molecule has 3 heteroatoms. The van der Waals surface area contributed by atoms with Crippen LogP contribution in [0, 0.1) is 0 Å². The molecule has 0 aliphatic rings. The second-order valence-corrected chi connectivity index (χ2v) is 4.79. The molecule has 2 N–H and O–H groups in total. The predicted molar refractivity (Wildman–Crippen MR) is 97.3 cm³/mol. The second kappa shape index (κ2) is 29.4. The van der Waals surface area contributed by atoms with Crippen molar-refractivity contribution in [1.82, 2.24) is 0 Å². The van der Waals surface area contributed by atoms with Gasteiger partial charge in [-0.15, -0.1) is 0 Å². The zero-order chi connectivity index (χ0) is 16.7. The molecule has 0 radical (unpaired) electrons. The molecular formula is C20H34O2Ti. The van der Waals surface area contributed by atoms with E-state index in [1.54, 1.807) is 0 Å². The first-order chi connectivity index (χ1) is 10.8. The Hall–Kier alpha value is -0.666. The average molecular weight is 354 g/mol. The quantitative estimate of drug-likeness (QED) is 0.428. The van der Waals surface area contributed by atoms with Crippen LogP contribution in [0.1, 0.15) is 52.4 Å². The molecule has 0 saturated carbocycles. The Balaban J connectivity index is -0.000000229. The van der Waals surface area contributed by atoms with Crippen molar-refractivity contribution in [2.75, 3.05) is 13.2 Å². The molecule has 0 aromatic heterocycles. The van der Waals surface area contributed by atoms with Gasteiger partial charge in [0.25, 0.3) is 0 Å². The number of rotatable bonds is 6. The molecular weight excluding hydrogens is 320 g/mol. The van der Waals surface area contributed by atoms with Crippen molar-refractivity contribution < 1.29 is 31.9 Å². The molecule has 0 atom stereocenters. The fourth-order valence-electron chi connectivity index (χ4n) is 1.37. The number of aliphatic hydroxyl groups excluding tert-OH is 2. The van der Waals surface area contributed by atoms with Gasteiger partial charge in [-0.1, -0.05) is 39.5 Å². The summed E-state index contributed by atoms with van der Waals surface area (Å²) >= 11 is 0. The molecule has 23 heavy (non-hydrogen) atoms. The van der Waals surface area contributed by atoms with Gasteiger partial charge in [-0.3, -0.25) is 0 Å². The third-order valence-corrected chi connectivity index (χ3v) is 2.63. The topological polar surface area (TPSA) is 40.5 Å². The zero-order valence-corrected chi connectivity index (χ0v) is 16.4. The van der Waals surface area contributed by atoms with E-state index in [2.05, 4.69) is 13.8 Å². The summed E-state index contributed by atoms with van der Waals surface area (Å²) in [6.45, 7) is 4.95. The van der Waals surface area contributed by atoms with Gasteiger partial charge in [0.2, 0.25) is 0 Å². The Kier molecular flexibility index (Phi) is 34.7. The SMILES string of the molecule is CCCCCO.CCCCCO.[Ti+2].c1cc[cH-]c1.c1cc[cH-]c1. The number of unbranched alkanes of at least 4 members (excludes halogenated alkanes) is 4. The van der Waals surface area contributed by atoms with E-state index in [1.165, 1.54) is 12.8 Å². The van der Waals surface area contributed by atoms with Gasteiger partial charge in [-0.05, 0) is 12.8 Å². The molecule has 0 spiro atoms. The molecule has 0 saturated heterocycles. The van der Waals surface area contributed by atoms with Crippen LogP contribution in [0.15, 0.2) is 60.7 Å². The van der Waals surface area contributed by atoms with Crippen molar-refractivity contribution in [3.63, 3.8) is 0 Å². The van der Waals surface area contributed by atoms with Crippen LogP contribution in [0.2, 0.25) is 0 Å². The summed E-state index contributed by atoms with van der Waals surface area (Å²) < 4.78 is 0. The third-order valence-electron chi connectivity index (χ3n) is 2.63. The van der Waals surface area contributed by atoms with Crippen LogP contribution in [0.25, 0.3) is 0 Å². The van der Waals surface area contributed by atoms with Crippen LogP contribution in [0.5, 0.6) is 0 Å². The predicted octanol–water partition coefficient (Wildman–Crippen LogP) is 5.15. The first-order valence-corrected chi connectivity index (χ1v) is 8.38. The monoisotopic (exact) mass is 354 g/mol. The van der Waals surface area contributed by atoms with Crippen molar-refractivity contribution in [1.29, 1.82) is 0 Å². The molecule has 0 heterocycles. The van der Waals surface area contributed by atoms with Crippen LogP contribution in [-0.4, -0.2) is 23.4 Å². The van der Waals surface area contributed by atoms with Crippen LogP contribution < -0.4 is 0 Å². The van der Waals surface area contributed by atoms with Gasteiger partial charge in [0.1, 0.15) is 0 Å². The van der Waals surface area contributed by atoms with E-state index in [0.29, 0.717) is 13.2 Å². The molecule has 0 fully saturated rings. The minimum absolute atomic E-state index is 0. The van der Waals surface area contributed by atoms with Gasteiger partial charge in [-0.2, -0.15) is 36.4 Å². The fraction of sp³-hybridized carbons (Fsp3) is 0.500. The summed E-state index contributed by atoms with van der Waals surface area (Å²) in [5.41, 5.74) is 0. The van der Waals surface area contributed by atoms with Gasteiger partial charge in [-0.25, -0.2) is 24.3 Å². The number of hydrogen-bond donors (Lipinski definition) is 2.